The van der Waals surface area contributed by atoms with E-state index >= 15 is 0 Å². The quantitative estimate of drug-likeness (QED) is 0.709. The summed E-state index contributed by atoms with van der Waals surface area (Å²) in [6.45, 7) is 3.22. The molecular formula is C8H16O3S. The van der Waals surface area contributed by atoms with Crippen LogP contribution in [0.25, 0.3) is 0 Å². The van der Waals surface area contributed by atoms with Crippen molar-refractivity contribution in [3.05, 3.63) is 0 Å². The van der Waals surface area contributed by atoms with Crippen LogP contribution in [0.4, 0.5) is 0 Å². The third-order valence-corrected chi connectivity index (χ3v) is 4.77. The van der Waals surface area contributed by atoms with E-state index in [1.807, 2.05) is 0 Å². The minimum atomic E-state index is -3.05. The fraction of sp³-hybridized carbons (Fsp3) is 1.00. The standard InChI is InChI=1S/C8H16O3S/c1-3-12(10,11)6(2)8(9)7-4-5-7/h6-9H,3-5H2,1-2H3/t6-,8-/m0/s1. The molecule has 4 heteroatoms. The molecule has 3 nitrogen and oxygen atoms in total. The van der Waals surface area contributed by atoms with Crippen molar-refractivity contribution in [2.75, 3.05) is 5.75 Å². The Balaban J connectivity index is 2.62. The van der Waals surface area contributed by atoms with Crippen LogP contribution in [0.5, 0.6) is 0 Å². The second-order valence-corrected chi connectivity index (χ2v) is 6.13. The van der Waals surface area contributed by atoms with Crippen molar-refractivity contribution in [1.29, 1.82) is 0 Å². The lowest BCUT2D eigenvalue weighted by atomic mass is 10.2. The molecule has 0 amide bonds. The number of hydrogen-bond donors (Lipinski definition) is 1. The molecule has 12 heavy (non-hydrogen) atoms. The smallest absolute Gasteiger partial charge is 0.155 e. The van der Waals surface area contributed by atoms with Crippen LogP contribution in [-0.4, -0.2) is 30.6 Å². The maximum atomic E-state index is 11.3. The topological polar surface area (TPSA) is 54.4 Å². The van der Waals surface area contributed by atoms with Crippen LogP contribution < -0.4 is 0 Å². The van der Waals surface area contributed by atoms with Crippen molar-refractivity contribution in [2.24, 2.45) is 5.92 Å². The molecule has 1 aliphatic rings. The van der Waals surface area contributed by atoms with Gasteiger partial charge in [-0.25, -0.2) is 8.42 Å². The highest BCUT2D eigenvalue weighted by Crippen LogP contribution is 2.35. The second kappa shape index (κ2) is 3.34. The maximum Gasteiger partial charge on any atom is 0.155 e. The largest absolute Gasteiger partial charge is 0.392 e. The molecule has 0 spiro atoms. The zero-order valence-corrected chi connectivity index (χ0v) is 8.34. The van der Waals surface area contributed by atoms with E-state index < -0.39 is 21.2 Å². The summed E-state index contributed by atoms with van der Waals surface area (Å²) in [6, 6.07) is 0. The summed E-state index contributed by atoms with van der Waals surface area (Å²) in [4.78, 5) is 0. The maximum absolute atomic E-state index is 11.3. The minimum Gasteiger partial charge on any atom is -0.392 e. The number of rotatable bonds is 4. The fourth-order valence-electron chi connectivity index (χ4n) is 1.30. The van der Waals surface area contributed by atoms with E-state index in [-0.39, 0.29) is 11.7 Å². The van der Waals surface area contributed by atoms with Gasteiger partial charge in [-0.1, -0.05) is 6.92 Å². The molecule has 1 fully saturated rings. The molecule has 0 aromatic rings. The molecule has 0 saturated heterocycles. The van der Waals surface area contributed by atoms with Gasteiger partial charge in [0.25, 0.3) is 0 Å². The molecule has 0 unspecified atom stereocenters. The lowest BCUT2D eigenvalue weighted by Gasteiger charge is -2.17. The van der Waals surface area contributed by atoms with Gasteiger partial charge in [0.2, 0.25) is 0 Å². The molecular weight excluding hydrogens is 176 g/mol. The Bertz CT molecular complexity index is 241. The molecule has 1 N–H and O–H groups in total. The summed E-state index contributed by atoms with van der Waals surface area (Å²) >= 11 is 0. The molecule has 2 atom stereocenters. The van der Waals surface area contributed by atoms with Gasteiger partial charge in [-0.05, 0) is 25.7 Å². The lowest BCUT2D eigenvalue weighted by Crippen LogP contribution is -2.33. The van der Waals surface area contributed by atoms with Crippen molar-refractivity contribution in [3.63, 3.8) is 0 Å². The highest BCUT2D eigenvalue weighted by molar-refractivity contribution is 7.92. The molecule has 0 radical (unpaired) electrons. The number of sulfone groups is 1. The van der Waals surface area contributed by atoms with Gasteiger partial charge in [0.05, 0.1) is 11.4 Å². The Hall–Kier alpha value is -0.0900. The van der Waals surface area contributed by atoms with E-state index in [4.69, 9.17) is 0 Å². The van der Waals surface area contributed by atoms with Gasteiger partial charge >= 0.3 is 0 Å². The third-order valence-electron chi connectivity index (χ3n) is 2.55. The Morgan fingerprint density at radius 3 is 2.33 bits per heavy atom. The molecule has 72 valence electrons. The predicted octanol–water partition coefficient (Wildman–Crippen LogP) is 0.581. The molecule has 0 aromatic carbocycles. The van der Waals surface area contributed by atoms with Crippen LogP contribution in [0.3, 0.4) is 0 Å². The number of hydrogen-bond acceptors (Lipinski definition) is 3. The lowest BCUT2D eigenvalue weighted by molar-refractivity contribution is 0.149. The summed E-state index contributed by atoms with van der Waals surface area (Å²) in [5.41, 5.74) is 0. The first-order chi connectivity index (χ1) is 5.49. The van der Waals surface area contributed by atoms with E-state index in [1.165, 1.54) is 0 Å². The average molecular weight is 192 g/mol. The van der Waals surface area contributed by atoms with Crippen molar-refractivity contribution in [3.8, 4) is 0 Å². The van der Waals surface area contributed by atoms with Gasteiger partial charge in [-0.2, -0.15) is 0 Å². The molecule has 1 rings (SSSR count). The molecule has 0 aliphatic heterocycles. The number of aliphatic hydroxyl groups is 1. The van der Waals surface area contributed by atoms with E-state index in [0.717, 1.165) is 12.8 Å². The molecule has 1 saturated carbocycles. The Labute approximate surface area is 73.7 Å². The van der Waals surface area contributed by atoms with E-state index in [2.05, 4.69) is 0 Å². The van der Waals surface area contributed by atoms with Gasteiger partial charge < -0.3 is 5.11 Å². The highest BCUT2D eigenvalue weighted by Gasteiger charge is 2.38. The number of aliphatic hydroxyl groups excluding tert-OH is 1. The van der Waals surface area contributed by atoms with Crippen LogP contribution in [0.2, 0.25) is 0 Å². The van der Waals surface area contributed by atoms with Crippen molar-refractivity contribution in [1.82, 2.24) is 0 Å². The van der Waals surface area contributed by atoms with Crippen molar-refractivity contribution < 1.29 is 13.5 Å². The van der Waals surface area contributed by atoms with Gasteiger partial charge in [0.15, 0.2) is 9.84 Å². The van der Waals surface area contributed by atoms with Crippen molar-refractivity contribution in [2.45, 2.75) is 38.0 Å². The SMILES string of the molecule is CCS(=O)(=O)[C@@H](C)[C@H](O)C1CC1. The Morgan fingerprint density at radius 1 is 1.50 bits per heavy atom. The summed E-state index contributed by atoms with van der Waals surface area (Å²) in [5, 5.41) is 8.96. The molecule has 1 aliphatic carbocycles. The third kappa shape index (κ3) is 1.98. The van der Waals surface area contributed by atoms with Crippen LogP contribution in [-0.2, 0) is 9.84 Å². The fourth-order valence-corrected chi connectivity index (χ4v) is 2.47. The van der Waals surface area contributed by atoms with Crippen molar-refractivity contribution >= 4 is 9.84 Å². The van der Waals surface area contributed by atoms with E-state index in [1.54, 1.807) is 13.8 Å². The first kappa shape index (κ1) is 9.99. The summed E-state index contributed by atoms with van der Waals surface area (Å²) < 4.78 is 22.6. The summed E-state index contributed by atoms with van der Waals surface area (Å²) in [6.07, 6.45) is 1.31. The molecule has 0 heterocycles. The first-order valence-electron chi connectivity index (χ1n) is 4.38. The minimum absolute atomic E-state index is 0.123. The van der Waals surface area contributed by atoms with Crippen LogP contribution in [0, 0.1) is 5.92 Å². The zero-order chi connectivity index (χ0) is 9.35. The highest BCUT2D eigenvalue weighted by atomic mass is 32.2. The normalized spacial score (nSPS) is 23.6. The first-order valence-corrected chi connectivity index (χ1v) is 6.10. The van der Waals surface area contributed by atoms with Gasteiger partial charge in [0, 0.05) is 5.75 Å². The van der Waals surface area contributed by atoms with Crippen LogP contribution in [0.1, 0.15) is 26.7 Å². The van der Waals surface area contributed by atoms with Crippen LogP contribution in [0.15, 0.2) is 0 Å². The molecule has 0 bridgehead atoms. The van der Waals surface area contributed by atoms with E-state index in [9.17, 15) is 13.5 Å². The second-order valence-electron chi connectivity index (χ2n) is 3.48. The average Bonchev–Trinajstić information content (AvgIpc) is 2.84. The predicted molar refractivity (Wildman–Crippen MR) is 47.7 cm³/mol. The summed E-state index contributed by atoms with van der Waals surface area (Å²) in [7, 11) is -3.05. The van der Waals surface area contributed by atoms with Gasteiger partial charge in [0.1, 0.15) is 0 Å². The van der Waals surface area contributed by atoms with Crippen LogP contribution >= 0.6 is 0 Å². The Kier molecular flexibility index (Phi) is 2.78. The van der Waals surface area contributed by atoms with Gasteiger partial charge in [-0.15, -0.1) is 0 Å². The Morgan fingerprint density at radius 2 is 2.00 bits per heavy atom. The molecule has 0 aromatic heterocycles. The summed E-state index contributed by atoms with van der Waals surface area (Å²) in [5.74, 6) is 0.360. The van der Waals surface area contributed by atoms with E-state index in [0.29, 0.717) is 0 Å². The van der Waals surface area contributed by atoms with Gasteiger partial charge in [-0.3, -0.25) is 0 Å². The zero-order valence-electron chi connectivity index (χ0n) is 7.53. The monoisotopic (exact) mass is 192 g/mol.